The van der Waals surface area contributed by atoms with Gasteiger partial charge in [-0.1, -0.05) is 0 Å². The Kier molecular flexibility index (Phi) is 115. The van der Waals surface area contributed by atoms with Crippen LogP contribution in [0, 0.1) is 35.6 Å². The van der Waals surface area contributed by atoms with Crippen LogP contribution < -0.4 is 0 Å². The standard InChI is InChI=1S/La.2Mo.Ni. The zero-order chi connectivity index (χ0) is 0. The molecule has 0 spiro atoms. The summed E-state index contributed by atoms with van der Waals surface area (Å²) in [5.74, 6) is 0. The minimum Gasteiger partial charge on any atom is 0 e. The molecule has 0 saturated heterocycles. The van der Waals surface area contributed by atoms with Crippen molar-refractivity contribution >= 4 is 0 Å². The average molecular weight is 389 g/mol. The van der Waals surface area contributed by atoms with Gasteiger partial charge in [0, 0.05) is 94.2 Å². The van der Waals surface area contributed by atoms with Gasteiger partial charge in [-0.3, -0.25) is 0 Å². The quantitative estimate of drug-likeness (QED) is 0.512. The van der Waals surface area contributed by atoms with Crippen LogP contribution in [-0.2, 0) is 58.6 Å². The van der Waals surface area contributed by atoms with Crippen LogP contribution in [0.15, 0.2) is 0 Å². The van der Waals surface area contributed by atoms with Crippen molar-refractivity contribution in [3.63, 3.8) is 0 Å². The molecule has 0 rings (SSSR count). The molecule has 0 heterocycles. The Hall–Kier alpha value is 3.06. The molecule has 0 aromatic carbocycles. The van der Waals surface area contributed by atoms with E-state index in [1.165, 1.54) is 0 Å². The Bertz CT molecular complexity index is 6.00. The van der Waals surface area contributed by atoms with Crippen LogP contribution in [-0.4, -0.2) is 0 Å². The van der Waals surface area contributed by atoms with Gasteiger partial charge >= 0.3 is 0 Å². The first-order valence-corrected chi connectivity index (χ1v) is 0. The van der Waals surface area contributed by atoms with Crippen molar-refractivity contribution in [1.82, 2.24) is 0 Å². The molecule has 0 N–H and O–H groups in total. The van der Waals surface area contributed by atoms with Gasteiger partial charge in [0.25, 0.3) is 0 Å². The van der Waals surface area contributed by atoms with E-state index in [4.69, 9.17) is 0 Å². The van der Waals surface area contributed by atoms with E-state index in [0.29, 0.717) is 0 Å². The SMILES string of the molecule is [La].[Mo].[Mo].[Ni]. The normalized spacial score (nSPS) is 0. The molecule has 0 unspecified atom stereocenters. The number of rotatable bonds is 0. The molecule has 0 nitrogen and oxygen atoms in total. The summed E-state index contributed by atoms with van der Waals surface area (Å²) in [6.45, 7) is 0. The topological polar surface area (TPSA) is 0 Å². The first kappa shape index (κ1) is 27.7. The summed E-state index contributed by atoms with van der Waals surface area (Å²) in [6.07, 6.45) is 0. The van der Waals surface area contributed by atoms with E-state index in [1.807, 2.05) is 0 Å². The third kappa shape index (κ3) is 8.91. The summed E-state index contributed by atoms with van der Waals surface area (Å²) < 4.78 is 0. The third-order valence-corrected chi connectivity index (χ3v) is 0. The molecule has 0 fully saturated rings. The van der Waals surface area contributed by atoms with Gasteiger partial charge in [-0.05, 0) is 0 Å². The summed E-state index contributed by atoms with van der Waals surface area (Å²) in [5, 5.41) is 0. The fourth-order valence-electron chi connectivity index (χ4n) is 0. The van der Waals surface area contributed by atoms with Crippen molar-refractivity contribution in [3.8, 4) is 0 Å². The fourth-order valence-corrected chi connectivity index (χ4v) is 0. The van der Waals surface area contributed by atoms with E-state index in [-0.39, 0.29) is 94.2 Å². The summed E-state index contributed by atoms with van der Waals surface area (Å²) >= 11 is 0. The van der Waals surface area contributed by atoms with E-state index in [9.17, 15) is 0 Å². The monoisotopic (exact) mass is 393 g/mol. The molecule has 0 aromatic heterocycles. The fraction of sp³-hybridized carbons (Fsp3) is 0. The van der Waals surface area contributed by atoms with Crippen LogP contribution in [0.25, 0.3) is 0 Å². The molecule has 0 saturated carbocycles. The van der Waals surface area contributed by atoms with Gasteiger partial charge in [-0.25, -0.2) is 0 Å². The molecule has 0 atom stereocenters. The second kappa shape index (κ2) is 16.6. The van der Waals surface area contributed by atoms with Crippen molar-refractivity contribution < 1.29 is 94.2 Å². The Morgan fingerprint density at radius 2 is 0.750 bits per heavy atom. The van der Waals surface area contributed by atoms with Gasteiger partial charge in [0.05, 0.1) is 0 Å². The van der Waals surface area contributed by atoms with Gasteiger partial charge in [0.2, 0.25) is 0 Å². The third-order valence-electron chi connectivity index (χ3n) is 0. The molecular weight excluding hydrogens is 389 g/mol. The van der Waals surface area contributed by atoms with Gasteiger partial charge in [-0.15, -0.1) is 0 Å². The first-order valence-electron chi connectivity index (χ1n) is 0. The Labute approximate surface area is 92.3 Å². The van der Waals surface area contributed by atoms with E-state index in [2.05, 4.69) is 0 Å². The van der Waals surface area contributed by atoms with Crippen LogP contribution in [0.4, 0.5) is 0 Å². The molecule has 0 aliphatic heterocycles. The molecule has 0 amide bonds. The van der Waals surface area contributed by atoms with E-state index in [0.717, 1.165) is 0 Å². The maximum absolute atomic E-state index is 0. The van der Waals surface area contributed by atoms with Gasteiger partial charge in [-0.2, -0.15) is 0 Å². The Morgan fingerprint density at radius 3 is 0.750 bits per heavy atom. The Morgan fingerprint density at radius 1 is 0.750 bits per heavy atom. The molecule has 4 heavy (non-hydrogen) atoms. The zero-order valence-electron chi connectivity index (χ0n) is 1.71. The molecule has 0 bridgehead atoms. The number of hydrogen-bond acceptors (Lipinski definition) is 0. The van der Waals surface area contributed by atoms with E-state index < -0.39 is 0 Å². The average Bonchev–Trinajstić information content (AvgIpc) is 0. The van der Waals surface area contributed by atoms with Crippen molar-refractivity contribution in [2.45, 2.75) is 0 Å². The van der Waals surface area contributed by atoms with E-state index in [1.54, 1.807) is 0 Å². The Balaban J connectivity index is 0. The second-order valence-electron chi connectivity index (χ2n) is 0. The summed E-state index contributed by atoms with van der Waals surface area (Å²) in [4.78, 5) is 0. The molecular formula is LaMo2Ni. The van der Waals surface area contributed by atoms with E-state index >= 15 is 0 Å². The summed E-state index contributed by atoms with van der Waals surface area (Å²) in [7, 11) is 0. The smallest absolute Gasteiger partial charge is 0 e. The van der Waals surface area contributed by atoms with Crippen molar-refractivity contribution in [1.29, 1.82) is 0 Å². The molecule has 0 aliphatic rings. The molecule has 0 aromatic rings. The second-order valence-corrected chi connectivity index (χ2v) is 0. The molecule has 1 radical (unpaired) electrons. The first-order chi connectivity index (χ1) is 0. The molecule has 0 aliphatic carbocycles. The molecule has 25 valence electrons. The van der Waals surface area contributed by atoms with Gasteiger partial charge in [0.1, 0.15) is 0 Å². The summed E-state index contributed by atoms with van der Waals surface area (Å²) in [5.41, 5.74) is 0. The van der Waals surface area contributed by atoms with Crippen LogP contribution in [0.1, 0.15) is 0 Å². The predicted molar refractivity (Wildman–Crippen MR) is 0 cm³/mol. The maximum Gasteiger partial charge on any atom is 0 e. The van der Waals surface area contributed by atoms with Crippen LogP contribution >= 0.6 is 0 Å². The predicted octanol–water partition coefficient (Wildman–Crippen LogP) is -0.00750. The number of hydrogen-bond donors (Lipinski definition) is 0. The maximum atomic E-state index is 0. The minimum atomic E-state index is 0. The zero-order valence-corrected chi connectivity index (χ0v) is 10.3. The van der Waals surface area contributed by atoms with Crippen LogP contribution in [0.2, 0.25) is 0 Å². The van der Waals surface area contributed by atoms with Gasteiger partial charge in [0.15, 0.2) is 0 Å². The van der Waals surface area contributed by atoms with Crippen LogP contribution in [0.3, 0.4) is 0 Å². The minimum absolute atomic E-state index is 0. The molecule has 4 heteroatoms. The van der Waals surface area contributed by atoms with Crippen LogP contribution in [0.5, 0.6) is 0 Å². The van der Waals surface area contributed by atoms with Crippen molar-refractivity contribution in [2.24, 2.45) is 0 Å². The van der Waals surface area contributed by atoms with Gasteiger partial charge < -0.3 is 0 Å². The summed E-state index contributed by atoms with van der Waals surface area (Å²) in [6, 6.07) is 0. The largest absolute Gasteiger partial charge is 0 e. The van der Waals surface area contributed by atoms with Crippen molar-refractivity contribution in [2.75, 3.05) is 0 Å². The van der Waals surface area contributed by atoms with Crippen molar-refractivity contribution in [3.05, 3.63) is 0 Å².